The quantitative estimate of drug-likeness (QED) is 0.0916. The molecular weight excluding hydrogens is 571 g/mol. The zero-order valence-electron chi connectivity index (χ0n) is 29.6. The smallest absolute Gasteiger partial charge is 0.309 e. The number of carbonyl (C=O) groups excluding carboxylic acids is 2. The predicted octanol–water partition coefficient (Wildman–Crippen LogP) is 10.4. The Labute approximate surface area is 268 Å². The number of esters is 1. The number of thiazole rings is 1. The lowest BCUT2D eigenvalue weighted by atomic mass is 9.70. The molecule has 1 aromatic rings. The number of Topliss-reactive ketones (excluding diaryl/α,β-unsaturated/α-hetero) is 1. The van der Waals surface area contributed by atoms with Gasteiger partial charge in [-0.25, -0.2) is 4.98 Å². The fraction of sp³-hybridized carbons (Fsp3) is 0.694. The van der Waals surface area contributed by atoms with E-state index in [1.165, 1.54) is 5.57 Å². The van der Waals surface area contributed by atoms with Gasteiger partial charge in [0.05, 0.1) is 23.2 Å². The minimum absolute atomic E-state index is 0.0112. The van der Waals surface area contributed by atoms with Crippen molar-refractivity contribution in [3.63, 3.8) is 0 Å². The van der Waals surface area contributed by atoms with Crippen LogP contribution in [0.3, 0.4) is 0 Å². The van der Waals surface area contributed by atoms with Crippen molar-refractivity contribution in [1.29, 1.82) is 0 Å². The maximum absolute atomic E-state index is 14.2. The number of aromatic nitrogens is 1. The molecule has 244 valence electrons. The van der Waals surface area contributed by atoms with Gasteiger partial charge in [0, 0.05) is 23.1 Å². The first-order chi connectivity index (χ1) is 19.6. The minimum Gasteiger partial charge on any atom is -0.457 e. The largest absolute Gasteiger partial charge is 0.457 e. The normalized spacial score (nSPS) is 16.6. The highest BCUT2D eigenvalue weighted by Gasteiger charge is 2.48. The Morgan fingerprint density at radius 3 is 2.21 bits per heavy atom. The van der Waals surface area contributed by atoms with Crippen molar-refractivity contribution in [3.05, 3.63) is 46.5 Å². The number of ketones is 1. The third-order valence-corrected chi connectivity index (χ3v) is 14.9. The van der Waals surface area contributed by atoms with Crippen LogP contribution < -0.4 is 0 Å². The molecule has 0 amide bonds. The SMILES string of the molecule is C=CCC(OC(=O)CC(O[Si](C)(C)C(C)(C)C)C(C)(C)C(=O)C(C)C(C)C(C)CCCC(=C)C)/C(C)=C/c1csc(C)n1. The second kappa shape index (κ2) is 16.5. The minimum atomic E-state index is -2.33. The lowest BCUT2D eigenvalue weighted by Crippen LogP contribution is -2.52. The lowest BCUT2D eigenvalue weighted by Gasteiger charge is -2.44. The molecule has 1 rings (SSSR count). The van der Waals surface area contributed by atoms with Gasteiger partial charge >= 0.3 is 5.97 Å². The highest BCUT2D eigenvalue weighted by atomic mass is 32.1. The van der Waals surface area contributed by atoms with Gasteiger partial charge in [-0.1, -0.05) is 73.5 Å². The number of hydrogen-bond acceptors (Lipinski definition) is 6. The van der Waals surface area contributed by atoms with Crippen LogP contribution in [0.5, 0.6) is 0 Å². The van der Waals surface area contributed by atoms with Crippen molar-refractivity contribution in [3.8, 4) is 0 Å². The number of ether oxygens (including phenoxy) is 1. The summed E-state index contributed by atoms with van der Waals surface area (Å²) in [6, 6.07) is 0. The molecule has 0 aliphatic heterocycles. The Bertz CT molecular complexity index is 1130. The number of aryl methyl sites for hydroxylation is 1. The molecule has 1 heterocycles. The topological polar surface area (TPSA) is 65.5 Å². The molecule has 0 saturated carbocycles. The summed E-state index contributed by atoms with van der Waals surface area (Å²) in [6.07, 6.45) is 6.32. The van der Waals surface area contributed by atoms with E-state index in [0.717, 1.165) is 35.5 Å². The van der Waals surface area contributed by atoms with E-state index in [9.17, 15) is 9.59 Å². The molecule has 0 aliphatic rings. The summed E-state index contributed by atoms with van der Waals surface area (Å²) in [5.74, 6) is 0.205. The molecule has 0 bridgehead atoms. The van der Waals surface area contributed by atoms with Gasteiger partial charge in [0.15, 0.2) is 8.32 Å². The number of carbonyl (C=O) groups is 2. The molecule has 1 aromatic heterocycles. The Morgan fingerprint density at radius 2 is 1.72 bits per heavy atom. The van der Waals surface area contributed by atoms with Gasteiger partial charge in [0.25, 0.3) is 0 Å². The van der Waals surface area contributed by atoms with E-state index in [1.54, 1.807) is 17.4 Å². The number of nitrogens with zero attached hydrogens (tertiary/aromatic N) is 1. The van der Waals surface area contributed by atoms with Gasteiger partial charge in [-0.15, -0.1) is 24.5 Å². The maximum atomic E-state index is 14.2. The monoisotopic (exact) mass is 631 g/mol. The second-order valence-corrected chi connectivity index (χ2v) is 20.6. The fourth-order valence-electron chi connectivity index (χ4n) is 5.05. The predicted molar refractivity (Wildman–Crippen MR) is 187 cm³/mol. The van der Waals surface area contributed by atoms with Crippen molar-refractivity contribution in [2.75, 3.05) is 0 Å². The molecule has 0 spiro atoms. The Balaban J connectivity index is 3.27. The second-order valence-electron chi connectivity index (χ2n) is 14.8. The van der Waals surface area contributed by atoms with E-state index in [-0.39, 0.29) is 35.0 Å². The molecule has 0 N–H and O–H groups in total. The average Bonchev–Trinajstić information content (AvgIpc) is 3.29. The molecular formula is C36H61NO4SSi. The van der Waals surface area contributed by atoms with Crippen molar-refractivity contribution in [2.45, 2.75) is 139 Å². The van der Waals surface area contributed by atoms with Crippen LogP contribution in [0.2, 0.25) is 18.1 Å². The van der Waals surface area contributed by atoms with Crippen molar-refractivity contribution in [1.82, 2.24) is 4.98 Å². The van der Waals surface area contributed by atoms with Crippen molar-refractivity contribution in [2.24, 2.45) is 23.2 Å². The van der Waals surface area contributed by atoms with Crippen LogP contribution in [0.1, 0.15) is 112 Å². The number of hydrogen-bond donors (Lipinski definition) is 0. The molecule has 7 heteroatoms. The van der Waals surface area contributed by atoms with Gasteiger partial charge in [-0.05, 0) is 75.2 Å². The van der Waals surface area contributed by atoms with E-state index in [0.29, 0.717) is 12.3 Å². The maximum Gasteiger partial charge on any atom is 0.309 e. The molecule has 43 heavy (non-hydrogen) atoms. The Morgan fingerprint density at radius 1 is 1.12 bits per heavy atom. The Hall–Kier alpha value is -1.83. The van der Waals surface area contributed by atoms with E-state index in [4.69, 9.17) is 9.16 Å². The summed E-state index contributed by atoms with van der Waals surface area (Å²) in [6.45, 7) is 35.1. The molecule has 5 unspecified atom stereocenters. The van der Waals surface area contributed by atoms with E-state index < -0.39 is 25.9 Å². The first-order valence-corrected chi connectivity index (χ1v) is 19.7. The van der Waals surface area contributed by atoms with Crippen LogP contribution in [-0.4, -0.2) is 37.3 Å². The zero-order valence-corrected chi connectivity index (χ0v) is 31.4. The van der Waals surface area contributed by atoms with Crippen LogP contribution in [0.4, 0.5) is 0 Å². The van der Waals surface area contributed by atoms with Crippen molar-refractivity contribution < 1.29 is 18.8 Å². The van der Waals surface area contributed by atoms with Crippen LogP contribution in [0.15, 0.2) is 35.8 Å². The first kappa shape index (κ1) is 39.2. The third kappa shape index (κ3) is 11.9. The summed E-state index contributed by atoms with van der Waals surface area (Å²) in [5, 5.41) is 2.90. The van der Waals surface area contributed by atoms with E-state index >= 15 is 0 Å². The molecule has 0 saturated heterocycles. The van der Waals surface area contributed by atoms with Crippen LogP contribution in [-0.2, 0) is 18.8 Å². The molecule has 5 nitrogen and oxygen atoms in total. The molecule has 0 radical (unpaired) electrons. The molecule has 0 fully saturated rings. The van der Waals surface area contributed by atoms with E-state index in [1.807, 2.05) is 46.1 Å². The standard InChI is InChI=1S/C36H61NO4SSi/c1-16-18-31(26(5)21-30-23-42-29(8)37-30)40-33(38)22-32(41-43(14,15)35(9,10)11)36(12,13)34(39)28(7)27(6)25(4)20-17-19-24(2)3/h16,21,23,25,27-28,31-32H,1-2,17-20,22H2,3-15H3/b26-21+. The van der Waals surface area contributed by atoms with Gasteiger partial charge in [0.2, 0.25) is 0 Å². The van der Waals surface area contributed by atoms with Crippen LogP contribution >= 0.6 is 11.3 Å². The molecule has 0 aromatic carbocycles. The highest BCUT2D eigenvalue weighted by Crippen LogP contribution is 2.42. The number of rotatable bonds is 18. The summed E-state index contributed by atoms with van der Waals surface area (Å²) in [4.78, 5) is 32.4. The van der Waals surface area contributed by atoms with Gasteiger partial charge in [-0.2, -0.15) is 0 Å². The van der Waals surface area contributed by atoms with Gasteiger partial charge in [-0.3, -0.25) is 9.59 Å². The first-order valence-electron chi connectivity index (χ1n) is 15.9. The highest BCUT2D eigenvalue weighted by molar-refractivity contribution is 7.09. The summed E-state index contributed by atoms with van der Waals surface area (Å²) in [7, 11) is -2.33. The van der Waals surface area contributed by atoms with E-state index in [2.05, 4.69) is 72.8 Å². The van der Waals surface area contributed by atoms with Crippen LogP contribution in [0.25, 0.3) is 6.08 Å². The summed E-state index contributed by atoms with van der Waals surface area (Å²) < 4.78 is 13.0. The van der Waals surface area contributed by atoms with Gasteiger partial charge < -0.3 is 9.16 Å². The average molecular weight is 632 g/mol. The summed E-state index contributed by atoms with van der Waals surface area (Å²) >= 11 is 1.59. The van der Waals surface area contributed by atoms with Gasteiger partial charge in [0.1, 0.15) is 11.9 Å². The zero-order chi connectivity index (χ0) is 33.3. The van der Waals surface area contributed by atoms with Crippen LogP contribution in [0, 0.1) is 30.1 Å². The molecule has 0 aliphatic carbocycles. The lowest BCUT2D eigenvalue weighted by molar-refractivity contribution is -0.153. The molecule has 5 atom stereocenters. The Kier molecular flexibility index (Phi) is 15.0. The fourth-order valence-corrected chi connectivity index (χ4v) is 7.06. The third-order valence-electron chi connectivity index (χ3n) is 9.57. The van der Waals surface area contributed by atoms with Crippen molar-refractivity contribution >= 4 is 37.5 Å². The summed E-state index contributed by atoms with van der Waals surface area (Å²) in [5.41, 5.74) is 2.07. The number of allylic oxidation sites excluding steroid dienone is 1.